The molecule has 0 aromatic heterocycles. The summed E-state index contributed by atoms with van der Waals surface area (Å²) in [6.07, 6.45) is 6.50. The molecule has 1 aliphatic carbocycles. The van der Waals surface area contributed by atoms with Gasteiger partial charge in [-0.25, -0.2) is 0 Å². The second-order valence-electron chi connectivity index (χ2n) is 7.75. The Bertz CT molecular complexity index is 272. The van der Waals surface area contributed by atoms with Crippen molar-refractivity contribution in [2.75, 3.05) is 13.1 Å². The molecule has 2 heteroatoms. The zero-order chi connectivity index (χ0) is 14.7. The summed E-state index contributed by atoms with van der Waals surface area (Å²) in [4.78, 5) is 2.72. The summed E-state index contributed by atoms with van der Waals surface area (Å²) < 4.78 is 0. The summed E-state index contributed by atoms with van der Waals surface area (Å²) in [6, 6.07) is 0.594. The van der Waals surface area contributed by atoms with Crippen molar-refractivity contribution in [2.45, 2.75) is 85.2 Å². The highest BCUT2D eigenvalue weighted by Crippen LogP contribution is 2.50. The van der Waals surface area contributed by atoms with E-state index in [1.54, 1.807) is 0 Å². The van der Waals surface area contributed by atoms with Crippen molar-refractivity contribution in [1.82, 2.24) is 4.90 Å². The van der Waals surface area contributed by atoms with Crippen molar-refractivity contribution >= 4 is 0 Å². The van der Waals surface area contributed by atoms with Gasteiger partial charge in [0.2, 0.25) is 0 Å². The molecule has 2 nitrogen and oxygen atoms in total. The maximum absolute atomic E-state index is 6.28. The van der Waals surface area contributed by atoms with Crippen molar-refractivity contribution in [3.8, 4) is 0 Å². The minimum atomic E-state index is 0.228. The Hall–Kier alpha value is -0.0800. The lowest BCUT2D eigenvalue weighted by molar-refractivity contribution is 0.0292. The molecule has 0 saturated heterocycles. The molecular weight excluding hydrogens is 232 g/mol. The van der Waals surface area contributed by atoms with E-state index >= 15 is 0 Å². The Labute approximate surface area is 121 Å². The van der Waals surface area contributed by atoms with Gasteiger partial charge in [0.25, 0.3) is 0 Å². The summed E-state index contributed by atoms with van der Waals surface area (Å²) in [7, 11) is 0. The molecular formula is C17H36N2. The molecule has 19 heavy (non-hydrogen) atoms. The molecule has 2 atom stereocenters. The van der Waals surface area contributed by atoms with E-state index in [9.17, 15) is 0 Å². The number of rotatable bonds is 7. The third-order valence-corrected chi connectivity index (χ3v) is 5.11. The summed E-state index contributed by atoms with van der Waals surface area (Å²) >= 11 is 0. The van der Waals surface area contributed by atoms with E-state index in [2.05, 4.69) is 46.4 Å². The van der Waals surface area contributed by atoms with Crippen molar-refractivity contribution in [2.24, 2.45) is 17.1 Å². The summed E-state index contributed by atoms with van der Waals surface area (Å²) in [5, 5.41) is 0. The molecule has 0 spiro atoms. The first-order valence-electron chi connectivity index (χ1n) is 8.26. The van der Waals surface area contributed by atoms with Crippen LogP contribution in [0.1, 0.15) is 73.6 Å². The summed E-state index contributed by atoms with van der Waals surface area (Å²) in [5.41, 5.74) is 6.95. The van der Waals surface area contributed by atoms with Crippen molar-refractivity contribution in [3.05, 3.63) is 0 Å². The lowest BCUT2D eigenvalue weighted by Gasteiger charge is -2.47. The first kappa shape index (κ1) is 17.0. The van der Waals surface area contributed by atoms with E-state index in [1.807, 2.05) is 0 Å². The maximum Gasteiger partial charge on any atom is 0.0365 e. The quantitative estimate of drug-likeness (QED) is 0.706. The van der Waals surface area contributed by atoms with Crippen LogP contribution < -0.4 is 5.73 Å². The van der Waals surface area contributed by atoms with Crippen LogP contribution in [0.3, 0.4) is 0 Å². The van der Waals surface area contributed by atoms with Crippen LogP contribution in [-0.4, -0.2) is 29.6 Å². The standard InChI is InChI=1S/C17H36N2/c1-7-8-9-10-19(14(2)3)17(13-18)12-16(5,6)11-15(17)4/h14-15H,7-13,18H2,1-6H3. The molecule has 1 saturated carbocycles. The maximum atomic E-state index is 6.28. The Morgan fingerprint density at radius 3 is 2.26 bits per heavy atom. The second kappa shape index (κ2) is 6.58. The predicted octanol–water partition coefficient (Wildman–Crippen LogP) is 4.04. The molecule has 1 aliphatic rings. The van der Waals surface area contributed by atoms with Crippen LogP contribution in [-0.2, 0) is 0 Å². The highest BCUT2D eigenvalue weighted by atomic mass is 15.2. The molecule has 0 amide bonds. The molecule has 0 radical (unpaired) electrons. The largest absolute Gasteiger partial charge is 0.329 e. The van der Waals surface area contributed by atoms with Crippen molar-refractivity contribution in [1.29, 1.82) is 0 Å². The Morgan fingerprint density at radius 1 is 1.26 bits per heavy atom. The molecule has 1 rings (SSSR count). The first-order chi connectivity index (χ1) is 8.79. The Balaban J connectivity index is 2.89. The smallest absolute Gasteiger partial charge is 0.0365 e. The minimum absolute atomic E-state index is 0.228. The zero-order valence-electron chi connectivity index (χ0n) is 14.1. The van der Waals surface area contributed by atoms with Gasteiger partial charge in [-0.1, -0.05) is 40.5 Å². The van der Waals surface area contributed by atoms with E-state index in [4.69, 9.17) is 5.73 Å². The fraction of sp³-hybridized carbons (Fsp3) is 1.00. The molecule has 2 N–H and O–H groups in total. The predicted molar refractivity (Wildman–Crippen MR) is 85.3 cm³/mol. The fourth-order valence-corrected chi connectivity index (χ4v) is 4.40. The van der Waals surface area contributed by atoms with Gasteiger partial charge in [-0.3, -0.25) is 4.90 Å². The molecule has 0 bridgehead atoms. The molecule has 0 aromatic rings. The van der Waals surface area contributed by atoms with Gasteiger partial charge in [0.15, 0.2) is 0 Å². The van der Waals surface area contributed by atoms with Gasteiger partial charge in [-0.2, -0.15) is 0 Å². The molecule has 1 fully saturated rings. The third kappa shape index (κ3) is 3.72. The number of hydrogen-bond acceptors (Lipinski definition) is 2. The molecule has 2 unspecified atom stereocenters. The average molecular weight is 268 g/mol. The van der Waals surface area contributed by atoms with E-state index in [0.717, 1.165) is 6.54 Å². The SMILES string of the molecule is CCCCCN(C(C)C)C1(CN)CC(C)(C)CC1C. The van der Waals surface area contributed by atoms with Crippen LogP contribution in [0.5, 0.6) is 0 Å². The van der Waals surface area contributed by atoms with Gasteiger partial charge in [0.1, 0.15) is 0 Å². The first-order valence-corrected chi connectivity index (χ1v) is 8.26. The van der Waals surface area contributed by atoms with Gasteiger partial charge in [0.05, 0.1) is 0 Å². The fourth-order valence-electron chi connectivity index (χ4n) is 4.40. The molecule has 114 valence electrons. The van der Waals surface area contributed by atoms with Crippen LogP contribution in [0.4, 0.5) is 0 Å². The molecule has 0 heterocycles. The second-order valence-corrected chi connectivity index (χ2v) is 7.75. The number of hydrogen-bond donors (Lipinski definition) is 1. The van der Waals surface area contributed by atoms with Gasteiger partial charge in [0, 0.05) is 18.1 Å². The topological polar surface area (TPSA) is 29.3 Å². The zero-order valence-corrected chi connectivity index (χ0v) is 14.1. The van der Waals surface area contributed by atoms with Crippen LogP contribution in [0.25, 0.3) is 0 Å². The van der Waals surface area contributed by atoms with Gasteiger partial charge in [-0.15, -0.1) is 0 Å². The molecule has 0 aliphatic heterocycles. The van der Waals surface area contributed by atoms with E-state index in [1.165, 1.54) is 38.6 Å². The van der Waals surface area contributed by atoms with Gasteiger partial charge >= 0.3 is 0 Å². The third-order valence-electron chi connectivity index (χ3n) is 5.11. The highest BCUT2D eigenvalue weighted by molar-refractivity contribution is 5.06. The summed E-state index contributed by atoms with van der Waals surface area (Å²) in [6.45, 7) is 16.2. The lowest BCUT2D eigenvalue weighted by atomic mass is 9.83. The monoisotopic (exact) mass is 268 g/mol. The van der Waals surface area contributed by atoms with Crippen LogP contribution in [0, 0.1) is 11.3 Å². The molecule has 0 aromatic carbocycles. The minimum Gasteiger partial charge on any atom is -0.329 e. The van der Waals surface area contributed by atoms with Gasteiger partial charge in [-0.05, 0) is 51.0 Å². The van der Waals surface area contributed by atoms with Crippen LogP contribution >= 0.6 is 0 Å². The normalized spacial score (nSPS) is 30.5. The Morgan fingerprint density at radius 2 is 1.89 bits per heavy atom. The average Bonchev–Trinajstić information content (AvgIpc) is 2.54. The van der Waals surface area contributed by atoms with E-state index in [0.29, 0.717) is 17.4 Å². The lowest BCUT2D eigenvalue weighted by Crippen LogP contribution is -2.58. The van der Waals surface area contributed by atoms with Crippen molar-refractivity contribution in [3.63, 3.8) is 0 Å². The number of nitrogens with two attached hydrogens (primary N) is 1. The Kier molecular flexibility index (Phi) is 5.88. The number of nitrogens with zero attached hydrogens (tertiary/aromatic N) is 1. The van der Waals surface area contributed by atoms with Crippen LogP contribution in [0.2, 0.25) is 0 Å². The van der Waals surface area contributed by atoms with E-state index < -0.39 is 0 Å². The van der Waals surface area contributed by atoms with Crippen LogP contribution in [0.15, 0.2) is 0 Å². The number of unbranched alkanes of at least 4 members (excludes halogenated alkanes) is 2. The highest BCUT2D eigenvalue weighted by Gasteiger charge is 2.51. The summed E-state index contributed by atoms with van der Waals surface area (Å²) in [5.74, 6) is 0.705. The van der Waals surface area contributed by atoms with Crippen molar-refractivity contribution < 1.29 is 0 Å². The van der Waals surface area contributed by atoms with Gasteiger partial charge < -0.3 is 5.73 Å². The van der Waals surface area contributed by atoms with E-state index in [-0.39, 0.29) is 5.54 Å².